The highest BCUT2D eigenvalue weighted by Gasteiger charge is 2.27. The van der Waals surface area contributed by atoms with Gasteiger partial charge in [-0.2, -0.15) is 0 Å². The van der Waals surface area contributed by atoms with Gasteiger partial charge in [0.25, 0.3) is 5.91 Å². The van der Waals surface area contributed by atoms with Crippen LogP contribution in [0.3, 0.4) is 0 Å². The van der Waals surface area contributed by atoms with Gasteiger partial charge >= 0.3 is 0 Å². The van der Waals surface area contributed by atoms with Gasteiger partial charge in [-0.1, -0.05) is 0 Å². The molecule has 1 aliphatic rings. The number of aryl methyl sites for hydroxylation is 2. The third-order valence-corrected chi connectivity index (χ3v) is 5.01. The van der Waals surface area contributed by atoms with Crippen molar-refractivity contribution in [3.8, 4) is 0 Å². The van der Waals surface area contributed by atoms with E-state index in [4.69, 9.17) is 0 Å². The van der Waals surface area contributed by atoms with Gasteiger partial charge in [0.15, 0.2) is 0 Å². The van der Waals surface area contributed by atoms with Gasteiger partial charge in [-0.25, -0.2) is 4.98 Å². The number of nitrogens with zero attached hydrogens (tertiary/aromatic N) is 3. The summed E-state index contributed by atoms with van der Waals surface area (Å²) >= 11 is 0. The van der Waals surface area contributed by atoms with Crippen molar-refractivity contribution in [1.82, 2.24) is 19.9 Å². The van der Waals surface area contributed by atoms with Gasteiger partial charge in [-0.15, -0.1) is 0 Å². The van der Waals surface area contributed by atoms with E-state index in [1.165, 1.54) is 5.69 Å². The molecule has 5 nitrogen and oxygen atoms in total. The molecule has 5 heteroatoms. The summed E-state index contributed by atoms with van der Waals surface area (Å²) < 4.78 is 0. The van der Waals surface area contributed by atoms with Crippen LogP contribution in [0.2, 0.25) is 0 Å². The summed E-state index contributed by atoms with van der Waals surface area (Å²) in [7, 11) is 0. The lowest BCUT2D eigenvalue weighted by atomic mass is 9.94. The zero-order valence-electron chi connectivity index (χ0n) is 14.6. The standard InChI is InChI=1S/C20H22N4O/c1-13-9-16-10-18(23-19(16)22-11-13)15-5-4-8-24(12-15)20(25)17-6-3-7-21-14(17)2/h3,6-7,9-11,15H,4-5,8,12H2,1-2H3,(H,22,23). The minimum atomic E-state index is 0.0837. The summed E-state index contributed by atoms with van der Waals surface area (Å²) in [6.07, 6.45) is 5.70. The first kappa shape index (κ1) is 15.8. The topological polar surface area (TPSA) is 61.9 Å². The maximum atomic E-state index is 12.9. The van der Waals surface area contributed by atoms with Crippen molar-refractivity contribution in [2.45, 2.75) is 32.6 Å². The van der Waals surface area contributed by atoms with Crippen molar-refractivity contribution in [3.63, 3.8) is 0 Å². The number of nitrogens with one attached hydrogen (secondary N) is 1. The number of likely N-dealkylation sites (tertiary alicyclic amines) is 1. The number of amides is 1. The smallest absolute Gasteiger partial charge is 0.255 e. The molecule has 128 valence electrons. The van der Waals surface area contributed by atoms with E-state index in [0.29, 0.717) is 11.5 Å². The fraction of sp³-hybridized carbons (Fsp3) is 0.350. The lowest BCUT2D eigenvalue weighted by Crippen LogP contribution is -2.39. The first-order valence-electron chi connectivity index (χ1n) is 8.78. The largest absolute Gasteiger partial charge is 0.343 e. The molecule has 1 saturated heterocycles. The summed E-state index contributed by atoms with van der Waals surface area (Å²) in [6, 6.07) is 8.02. The van der Waals surface area contributed by atoms with Gasteiger partial charge in [0, 0.05) is 48.2 Å². The first-order valence-corrected chi connectivity index (χ1v) is 8.78. The van der Waals surface area contributed by atoms with Crippen LogP contribution in [-0.4, -0.2) is 38.8 Å². The van der Waals surface area contributed by atoms with Gasteiger partial charge in [0.2, 0.25) is 0 Å². The van der Waals surface area contributed by atoms with Crippen LogP contribution in [-0.2, 0) is 0 Å². The van der Waals surface area contributed by atoms with Gasteiger partial charge in [-0.05, 0) is 56.5 Å². The van der Waals surface area contributed by atoms with E-state index in [-0.39, 0.29) is 5.91 Å². The summed E-state index contributed by atoms with van der Waals surface area (Å²) in [5.41, 5.74) is 4.75. The van der Waals surface area contributed by atoms with E-state index in [1.807, 2.05) is 30.2 Å². The highest BCUT2D eigenvalue weighted by atomic mass is 16.2. The Balaban J connectivity index is 1.58. The molecule has 1 atom stereocenters. The van der Waals surface area contributed by atoms with Crippen molar-refractivity contribution >= 4 is 16.9 Å². The molecule has 0 spiro atoms. The van der Waals surface area contributed by atoms with E-state index < -0.39 is 0 Å². The number of piperidine rings is 1. The number of hydrogen-bond acceptors (Lipinski definition) is 3. The van der Waals surface area contributed by atoms with E-state index >= 15 is 0 Å². The lowest BCUT2D eigenvalue weighted by Gasteiger charge is -2.32. The number of carbonyl (C=O) groups excluding carboxylic acids is 1. The van der Waals surface area contributed by atoms with Gasteiger partial charge in [-0.3, -0.25) is 9.78 Å². The Hall–Kier alpha value is -2.69. The third kappa shape index (κ3) is 3.02. The monoisotopic (exact) mass is 334 g/mol. The van der Waals surface area contributed by atoms with Crippen molar-refractivity contribution in [2.24, 2.45) is 0 Å². The summed E-state index contributed by atoms with van der Waals surface area (Å²) in [6.45, 7) is 5.48. The molecular weight excluding hydrogens is 312 g/mol. The number of rotatable bonds is 2. The van der Waals surface area contributed by atoms with Crippen molar-refractivity contribution in [2.75, 3.05) is 13.1 Å². The molecule has 0 aliphatic carbocycles. The number of pyridine rings is 2. The van der Waals surface area contributed by atoms with Gasteiger partial charge in [0.05, 0.1) is 5.56 Å². The fourth-order valence-electron chi connectivity index (χ4n) is 3.66. The molecule has 1 unspecified atom stereocenters. The van der Waals surface area contributed by atoms with Crippen molar-refractivity contribution < 1.29 is 4.79 Å². The van der Waals surface area contributed by atoms with Crippen LogP contribution in [0.15, 0.2) is 36.7 Å². The predicted octanol–water partition coefficient (Wildman–Crippen LogP) is 3.59. The van der Waals surface area contributed by atoms with Gasteiger partial charge in [0.1, 0.15) is 5.65 Å². The SMILES string of the molecule is Cc1cnc2[nH]c(C3CCCN(C(=O)c4cccnc4C)C3)cc2c1. The molecule has 3 aromatic heterocycles. The highest BCUT2D eigenvalue weighted by Crippen LogP contribution is 2.29. The number of carbonyl (C=O) groups is 1. The Morgan fingerprint density at radius 1 is 1.28 bits per heavy atom. The first-order chi connectivity index (χ1) is 12.1. The number of fused-ring (bicyclic) bond motifs is 1. The van der Waals surface area contributed by atoms with Crippen LogP contribution in [0.1, 0.15) is 46.1 Å². The van der Waals surface area contributed by atoms with Crippen LogP contribution in [0.4, 0.5) is 0 Å². The average Bonchev–Trinajstić information content (AvgIpc) is 3.05. The van der Waals surface area contributed by atoms with Crippen molar-refractivity contribution in [1.29, 1.82) is 0 Å². The molecule has 0 radical (unpaired) electrons. The Kier molecular flexibility index (Phi) is 3.99. The number of aromatic nitrogens is 3. The van der Waals surface area contributed by atoms with E-state index in [9.17, 15) is 4.79 Å². The zero-order chi connectivity index (χ0) is 17.4. The number of H-pyrrole nitrogens is 1. The molecule has 0 bridgehead atoms. The Morgan fingerprint density at radius 3 is 3.00 bits per heavy atom. The Bertz CT molecular complexity index is 930. The summed E-state index contributed by atoms with van der Waals surface area (Å²) in [5, 5.41) is 1.14. The second-order valence-corrected chi connectivity index (χ2v) is 6.90. The maximum absolute atomic E-state index is 12.9. The molecule has 1 amide bonds. The molecule has 1 N–H and O–H groups in total. The number of aromatic amines is 1. The second kappa shape index (κ2) is 6.31. The molecule has 1 fully saturated rings. The molecule has 3 aromatic rings. The summed E-state index contributed by atoms with van der Waals surface area (Å²) in [4.78, 5) is 27.0. The molecule has 4 heterocycles. The van der Waals surface area contributed by atoms with E-state index in [1.54, 1.807) is 6.20 Å². The summed E-state index contributed by atoms with van der Waals surface area (Å²) in [5.74, 6) is 0.407. The van der Waals surface area contributed by atoms with Crippen LogP contribution in [0.25, 0.3) is 11.0 Å². The maximum Gasteiger partial charge on any atom is 0.255 e. The molecule has 1 aliphatic heterocycles. The Morgan fingerprint density at radius 2 is 2.16 bits per heavy atom. The molecular formula is C20H22N4O. The van der Waals surface area contributed by atoms with Gasteiger partial charge < -0.3 is 9.88 Å². The van der Waals surface area contributed by atoms with Crippen molar-refractivity contribution in [3.05, 3.63) is 59.2 Å². The highest BCUT2D eigenvalue weighted by molar-refractivity contribution is 5.95. The molecule has 0 aromatic carbocycles. The normalized spacial score (nSPS) is 17.8. The fourth-order valence-corrected chi connectivity index (χ4v) is 3.66. The minimum absolute atomic E-state index is 0.0837. The second-order valence-electron chi connectivity index (χ2n) is 6.90. The minimum Gasteiger partial charge on any atom is -0.343 e. The van der Waals surface area contributed by atoms with Crippen LogP contribution >= 0.6 is 0 Å². The van der Waals surface area contributed by atoms with Crippen LogP contribution < -0.4 is 0 Å². The lowest BCUT2D eigenvalue weighted by molar-refractivity contribution is 0.0705. The molecule has 25 heavy (non-hydrogen) atoms. The average molecular weight is 334 g/mol. The quantitative estimate of drug-likeness (QED) is 0.779. The molecule has 4 rings (SSSR count). The predicted molar refractivity (Wildman–Crippen MR) is 97.7 cm³/mol. The van der Waals surface area contributed by atoms with Crippen LogP contribution in [0, 0.1) is 13.8 Å². The van der Waals surface area contributed by atoms with E-state index in [0.717, 1.165) is 48.2 Å². The molecule has 0 saturated carbocycles. The van der Waals surface area contributed by atoms with Crippen LogP contribution in [0.5, 0.6) is 0 Å². The Labute approximate surface area is 147 Å². The zero-order valence-corrected chi connectivity index (χ0v) is 14.6. The van der Waals surface area contributed by atoms with E-state index in [2.05, 4.69) is 34.0 Å². The number of hydrogen-bond donors (Lipinski definition) is 1. The third-order valence-electron chi connectivity index (χ3n) is 5.01.